The van der Waals surface area contributed by atoms with Gasteiger partial charge in [0.25, 0.3) is 0 Å². The molecule has 106 valence electrons. The first-order valence-electron chi connectivity index (χ1n) is 6.45. The quantitative estimate of drug-likeness (QED) is 0.833. The summed E-state index contributed by atoms with van der Waals surface area (Å²) in [5.74, 6) is 0.603. The number of hydroxylamine groups is 1. The van der Waals surface area contributed by atoms with Gasteiger partial charge in [-0.2, -0.15) is 0 Å². The van der Waals surface area contributed by atoms with Gasteiger partial charge in [0.2, 0.25) is 5.91 Å². The molecule has 4 nitrogen and oxygen atoms in total. The average molecular weight is 265 g/mol. The van der Waals surface area contributed by atoms with Gasteiger partial charge in [-0.25, -0.2) is 5.48 Å². The van der Waals surface area contributed by atoms with E-state index >= 15 is 0 Å². The van der Waals surface area contributed by atoms with Crippen molar-refractivity contribution >= 4 is 5.91 Å². The lowest BCUT2D eigenvalue weighted by Gasteiger charge is -2.18. The van der Waals surface area contributed by atoms with Gasteiger partial charge in [-0.3, -0.25) is 9.63 Å². The molecule has 1 amide bonds. The summed E-state index contributed by atoms with van der Waals surface area (Å²) in [5.41, 5.74) is 4.43. The molecule has 0 saturated heterocycles. The molecule has 0 unspecified atom stereocenters. The monoisotopic (exact) mass is 265 g/mol. The van der Waals surface area contributed by atoms with Crippen molar-refractivity contribution in [2.75, 3.05) is 6.61 Å². The van der Waals surface area contributed by atoms with E-state index in [0.717, 1.165) is 5.75 Å². The molecule has 0 spiro atoms. The molecule has 1 aromatic rings. The van der Waals surface area contributed by atoms with Gasteiger partial charge < -0.3 is 4.74 Å². The summed E-state index contributed by atoms with van der Waals surface area (Å²) >= 11 is 0. The highest BCUT2D eigenvalue weighted by Crippen LogP contribution is 2.16. The Bertz CT molecular complexity index is 436. The van der Waals surface area contributed by atoms with Gasteiger partial charge >= 0.3 is 0 Å². The second-order valence-electron chi connectivity index (χ2n) is 5.58. The molecule has 1 rings (SSSR count). The maximum atomic E-state index is 11.5. The normalized spacial score (nSPS) is 11.2. The molecule has 0 aliphatic heterocycles. The molecule has 0 heterocycles. The van der Waals surface area contributed by atoms with Crippen LogP contribution in [0.1, 0.15) is 38.3 Å². The Kier molecular flexibility index (Phi) is 5.36. The van der Waals surface area contributed by atoms with Crippen LogP contribution in [0.2, 0.25) is 0 Å². The maximum absolute atomic E-state index is 11.5. The molecule has 4 heteroatoms. The third-order valence-electron chi connectivity index (χ3n) is 2.55. The lowest BCUT2D eigenvalue weighted by Crippen LogP contribution is -2.34. The van der Waals surface area contributed by atoms with Crippen molar-refractivity contribution in [2.45, 2.75) is 46.6 Å². The maximum Gasteiger partial charge on any atom is 0.246 e. The van der Waals surface area contributed by atoms with Gasteiger partial charge in [-0.05, 0) is 57.9 Å². The number of nitrogens with one attached hydrogen (secondary N) is 1. The number of rotatable bonds is 5. The van der Waals surface area contributed by atoms with Gasteiger partial charge in [0, 0.05) is 0 Å². The van der Waals surface area contributed by atoms with Gasteiger partial charge in [-0.15, -0.1) is 0 Å². The van der Waals surface area contributed by atoms with Crippen molar-refractivity contribution in [3.63, 3.8) is 0 Å². The predicted molar refractivity (Wildman–Crippen MR) is 75.0 cm³/mol. The van der Waals surface area contributed by atoms with E-state index in [0.29, 0.717) is 6.61 Å². The topological polar surface area (TPSA) is 47.6 Å². The molecule has 0 fully saturated rings. The Morgan fingerprint density at radius 2 is 1.89 bits per heavy atom. The molecule has 0 saturated carbocycles. The van der Waals surface area contributed by atoms with Crippen molar-refractivity contribution in [2.24, 2.45) is 0 Å². The van der Waals surface area contributed by atoms with Crippen molar-refractivity contribution in [1.29, 1.82) is 0 Å². The van der Waals surface area contributed by atoms with Crippen LogP contribution in [0, 0.1) is 13.8 Å². The molecule has 0 aliphatic rings. The van der Waals surface area contributed by atoms with Crippen LogP contribution in [0.5, 0.6) is 5.75 Å². The van der Waals surface area contributed by atoms with E-state index in [1.54, 1.807) is 0 Å². The predicted octanol–water partition coefficient (Wildman–Crippen LogP) is 2.92. The number of benzene rings is 1. The number of aryl methyl sites for hydroxylation is 2. The van der Waals surface area contributed by atoms with E-state index in [-0.39, 0.29) is 17.9 Å². The molecule has 0 aromatic heterocycles. The molecule has 1 N–H and O–H groups in total. The summed E-state index contributed by atoms with van der Waals surface area (Å²) in [6.45, 7) is 10.0. The third kappa shape index (κ3) is 6.25. The second kappa shape index (κ2) is 6.57. The fourth-order valence-corrected chi connectivity index (χ4v) is 1.33. The van der Waals surface area contributed by atoms with Crippen LogP contribution < -0.4 is 10.2 Å². The van der Waals surface area contributed by atoms with E-state index in [9.17, 15) is 4.79 Å². The summed E-state index contributed by atoms with van der Waals surface area (Å²) in [5, 5.41) is 0. The smallest absolute Gasteiger partial charge is 0.246 e. The van der Waals surface area contributed by atoms with E-state index in [1.807, 2.05) is 45.9 Å². The van der Waals surface area contributed by atoms with Crippen LogP contribution in [0.4, 0.5) is 0 Å². The van der Waals surface area contributed by atoms with Crippen LogP contribution in [-0.4, -0.2) is 18.1 Å². The zero-order valence-corrected chi connectivity index (χ0v) is 12.4. The number of carbonyl (C=O) groups excluding carboxylic acids is 1. The highest BCUT2D eigenvalue weighted by Gasteiger charge is 2.12. The zero-order chi connectivity index (χ0) is 14.5. The first kappa shape index (κ1) is 15.5. The van der Waals surface area contributed by atoms with Crippen molar-refractivity contribution in [1.82, 2.24) is 5.48 Å². The average Bonchev–Trinajstić information content (AvgIpc) is 2.30. The summed E-state index contributed by atoms with van der Waals surface area (Å²) in [7, 11) is 0. The number of ether oxygens (including phenoxy) is 1. The van der Waals surface area contributed by atoms with Crippen LogP contribution in [0.3, 0.4) is 0 Å². The molecule has 0 radical (unpaired) electrons. The van der Waals surface area contributed by atoms with E-state index in [1.165, 1.54) is 11.1 Å². The lowest BCUT2D eigenvalue weighted by atomic mass is 10.1. The number of amides is 1. The molecule has 19 heavy (non-hydrogen) atoms. The first-order valence-corrected chi connectivity index (χ1v) is 6.45. The van der Waals surface area contributed by atoms with Crippen LogP contribution in [0.15, 0.2) is 18.2 Å². The Labute approximate surface area is 115 Å². The van der Waals surface area contributed by atoms with Gasteiger partial charge in [0.1, 0.15) is 5.75 Å². The van der Waals surface area contributed by atoms with Crippen molar-refractivity contribution in [3.05, 3.63) is 29.3 Å². The fourth-order valence-electron chi connectivity index (χ4n) is 1.33. The van der Waals surface area contributed by atoms with Crippen molar-refractivity contribution < 1.29 is 14.4 Å². The molecule has 0 aliphatic carbocycles. The largest absolute Gasteiger partial charge is 0.493 e. The number of hydrogen-bond acceptors (Lipinski definition) is 3. The summed E-state index contributed by atoms with van der Waals surface area (Å²) in [6.07, 6.45) is 0.267. The summed E-state index contributed by atoms with van der Waals surface area (Å²) in [4.78, 5) is 16.7. The van der Waals surface area contributed by atoms with Crippen LogP contribution >= 0.6 is 0 Å². The lowest BCUT2D eigenvalue weighted by molar-refractivity contribution is -0.146. The zero-order valence-electron chi connectivity index (χ0n) is 12.4. The minimum atomic E-state index is -0.384. The number of carbonyl (C=O) groups is 1. The van der Waals surface area contributed by atoms with Crippen molar-refractivity contribution in [3.8, 4) is 5.75 Å². The van der Waals surface area contributed by atoms with Crippen LogP contribution in [-0.2, 0) is 9.63 Å². The van der Waals surface area contributed by atoms with Gasteiger partial charge in [-0.1, -0.05) is 6.07 Å². The van der Waals surface area contributed by atoms with E-state index in [2.05, 4.69) is 12.4 Å². The summed E-state index contributed by atoms with van der Waals surface area (Å²) in [6, 6.07) is 5.89. The minimum absolute atomic E-state index is 0.182. The highest BCUT2D eigenvalue weighted by atomic mass is 16.7. The van der Waals surface area contributed by atoms with Gasteiger partial charge in [0.05, 0.1) is 18.6 Å². The first-order chi connectivity index (χ1) is 8.78. The Morgan fingerprint density at radius 1 is 1.21 bits per heavy atom. The molecule has 1 aromatic carbocycles. The second-order valence-corrected chi connectivity index (χ2v) is 5.58. The van der Waals surface area contributed by atoms with E-state index < -0.39 is 0 Å². The van der Waals surface area contributed by atoms with E-state index in [4.69, 9.17) is 9.57 Å². The Hall–Kier alpha value is -1.55. The standard InChI is InChI=1S/C15H23NO3/c1-11-6-7-13(10-12(11)2)18-9-8-14(17)16-19-15(3,4)5/h6-7,10H,8-9H2,1-5H3,(H,16,17). The molecule has 0 atom stereocenters. The SMILES string of the molecule is Cc1ccc(OCCC(=O)NOC(C)(C)C)cc1C. The fraction of sp³-hybridized carbons (Fsp3) is 0.533. The Balaban J connectivity index is 2.30. The third-order valence-corrected chi connectivity index (χ3v) is 2.55. The summed E-state index contributed by atoms with van der Waals surface area (Å²) < 4.78 is 5.53. The molecule has 0 bridgehead atoms. The highest BCUT2D eigenvalue weighted by molar-refractivity contribution is 5.74. The molecular weight excluding hydrogens is 242 g/mol. The Morgan fingerprint density at radius 3 is 2.47 bits per heavy atom. The number of hydrogen-bond donors (Lipinski definition) is 1. The molecular formula is C15H23NO3. The minimum Gasteiger partial charge on any atom is -0.493 e. The van der Waals surface area contributed by atoms with Gasteiger partial charge in [0.15, 0.2) is 0 Å². The van der Waals surface area contributed by atoms with Crippen LogP contribution in [0.25, 0.3) is 0 Å².